The smallest absolute Gasteiger partial charge is 0.270 e. The summed E-state index contributed by atoms with van der Waals surface area (Å²) in [4.78, 5) is 31.5. The SMILES string of the molecule is Cc1cccn2c(=O)c(C(=O)N3CC4CCC(N)C4C3)cnc12. The molecule has 2 aromatic rings. The Hall–Kier alpha value is -2.21. The van der Waals surface area contributed by atoms with Crippen LogP contribution in [0.2, 0.25) is 0 Å². The molecule has 6 nitrogen and oxygen atoms in total. The zero-order valence-corrected chi connectivity index (χ0v) is 13.1. The molecule has 0 radical (unpaired) electrons. The van der Waals surface area contributed by atoms with E-state index in [-0.39, 0.29) is 23.1 Å². The number of fused-ring (bicyclic) bond motifs is 2. The fourth-order valence-corrected chi connectivity index (χ4v) is 4.04. The second-order valence-corrected chi connectivity index (χ2v) is 6.74. The molecule has 1 aliphatic carbocycles. The Labute approximate surface area is 133 Å². The summed E-state index contributed by atoms with van der Waals surface area (Å²) in [6, 6.07) is 3.86. The second kappa shape index (κ2) is 5.16. The van der Waals surface area contributed by atoms with Crippen molar-refractivity contribution in [1.29, 1.82) is 0 Å². The van der Waals surface area contributed by atoms with E-state index in [4.69, 9.17) is 5.73 Å². The number of aromatic nitrogens is 2. The number of carbonyl (C=O) groups is 1. The van der Waals surface area contributed by atoms with Gasteiger partial charge in [0, 0.05) is 31.5 Å². The van der Waals surface area contributed by atoms with Crippen LogP contribution in [0, 0.1) is 18.8 Å². The summed E-state index contributed by atoms with van der Waals surface area (Å²) < 4.78 is 1.45. The molecule has 2 aliphatic rings. The van der Waals surface area contributed by atoms with E-state index in [9.17, 15) is 9.59 Å². The van der Waals surface area contributed by atoms with Gasteiger partial charge in [-0.15, -0.1) is 0 Å². The Bertz CT molecular complexity index is 844. The van der Waals surface area contributed by atoms with Crippen LogP contribution < -0.4 is 11.3 Å². The van der Waals surface area contributed by atoms with E-state index in [0.717, 1.165) is 18.4 Å². The molecule has 1 aliphatic heterocycles. The van der Waals surface area contributed by atoms with Crippen molar-refractivity contribution in [2.24, 2.45) is 17.6 Å². The van der Waals surface area contributed by atoms with Gasteiger partial charge in [0.1, 0.15) is 11.2 Å². The third-order valence-electron chi connectivity index (χ3n) is 5.36. The molecule has 2 fully saturated rings. The monoisotopic (exact) mass is 312 g/mol. The largest absolute Gasteiger partial charge is 0.338 e. The van der Waals surface area contributed by atoms with Crippen LogP contribution in [0.1, 0.15) is 28.8 Å². The highest BCUT2D eigenvalue weighted by Crippen LogP contribution is 2.37. The van der Waals surface area contributed by atoms with Crippen LogP contribution in [0.3, 0.4) is 0 Å². The molecule has 1 saturated heterocycles. The molecule has 3 unspecified atom stereocenters. The third kappa shape index (κ3) is 2.16. The maximum absolute atomic E-state index is 12.8. The first kappa shape index (κ1) is 14.4. The Morgan fingerprint density at radius 2 is 2.17 bits per heavy atom. The first-order chi connectivity index (χ1) is 11.1. The molecule has 4 rings (SSSR count). The van der Waals surface area contributed by atoms with E-state index in [1.54, 1.807) is 17.2 Å². The summed E-state index contributed by atoms with van der Waals surface area (Å²) in [5.74, 6) is 0.629. The molecule has 2 N–H and O–H groups in total. The molecule has 2 aromatic heterocycles. The van der Waals surface area contributed by atoms with Gasteiger partial charge in [-0.25, -0.2) is 4.98 Å². The molecule has 23 heavy (non-hydrogen) atoms. The van der Waals surface area contributed by atoms with Gasteiger partial charge in [0.2, 0.25) is 0 Å². The number of hydrogen-bond donors (Lipinski definition) is 1. The predicted octanol–water partition coefficient (Wildman–Crippen LogP) is 0.812. The molecule has 120 valence electrons. The van der Waals surface area contributed by atoms with Crippen LogP contribution in [-0.4, -0.2) is 39.3 Å². The minimum Gasteiger partial charge on any atom is -0.338 e. The second-order valence-electron chi connectivity index (χ2n) is 6.74. The topological polar surface area (TPSA) is 80.7 Å². The standard InChI is InChI=1S/C17H20N4O2/c1-10-3-2-6-21-15(10)19-7-12(17(21)23)16(22)20-8-11-4-5-14(18)13(11)9-20/h2-3,6-7,11,13-14H,4-5,8-9,18H2,1H3. The summed E-state index contributed by atoms with van der Waals surface area (Å²) in [5.41, 5.74) is 7.46. The van der Waals surface area contributed by atoms with Crippen LogP contribution in [-0.2, 0) is 0 Å². The van der Waals surface area contributed by atoms with Gasteiger partial charge in [-0.3, -0.25) is 14.0 Å². The highest BCUT2D eigenvalue weighted by atomic mass is 16.2. The number of nitrogens with zero attached hydrogens (tertiary/aromatic N) is 3. The molecular weight excluding hydrogens is 292 g/mol. The van der Waals surface area contributed by atoms with Crippen LogP contribution >= 0.6 is 0 Å². The zero-order valence-electron chi connectivity index (χ0n) is 13.1. The van der Waals surface area contributed by atoms with E-state index in [1.165, 1.54) is 10.6 Å². The summed E-state index contributed by atoms with van der Waals surface area (Å²) in [5, 5.41) is 0. The van der Waals surface area contributed by atoms with Crippen LogP contribution in [0.4, 0.5) is 0 Å². The van der Waals surface area contributed by atoms with Crippen molar-refractivity contribution < 1.29 is 4.79 Å². The van der Waals surface area contributed by atoms with Crippen LogP contribution in [0.15, 0.2) is 29.3 Å². The molecule has 1 saturated carbocycles. The highest BCUT2D eigenvalue weighted by molar-refractivity contribution is 5.94. The van der Waals surface area contributed by atoms with Crippen molar-refractivity contribution in [3.63, 3.8) is 0 Å². The summed E-state index contributed by atoms with van der Waals surface area (Å²) in [7, 11) is 0. The fraction of sp³-hybridized carbons (Fsp3) is 0.471. The molecule has 6 heteroatoms. The average Bonchev–Trinajstić information content (AvgIpc) is 3.10. The van der Waals surface area contributed by atoms with Gasteiger partial charge in [-0.2, -0.15) is 0 Å². The molecule has 0 bridgehead atoms. The van der Waals surface area contributed by atoms with Crippen molar-refractivity contribution in [2.45, 2.75) is 25.8 Å². The first-order valence-corrected chi connectivity index (χ1v) is 8.08. The summed E-state index contributed by atoms with van der Waals surface area (Å²) >= 11 is 0. The number of aryl methyl sites for hydroxylation is 1. The summed E-state index contributed by atoms with van der Waals surface area (Å²) in [6.07, 6.45) is 5.19. The number of hydrogen-bond acceptors (Lipinski definition) is 4. The lowest BCUT2D eigenvalue weighted by atomic mass is 9.98. The Kier molecular flexibility index (Phi) is 3.23. The lowest BCUT2D eigenvalue weighted by Gasteiger charge is -2.18. The first-order valence-electron chi connectivity index (χ1n) is 8.08. The fourth-order valence-electron chi connectivity index (χ4n) is 4.04. The van der Waals surface area contributed by atoms with E-state index < -0.39 is 0 Å². The van der Waals surface area contributed by atoms with E-state index in [2.05, 4.69) is 4.98 Å². The van der Waals surface area contributed by atoms with Crippen LogP contribution in [0.5, 0.6) is 0 Å². The van der Waals surface area contributed by atoms with Crippen LogP contribution in [0.25, 0.3) is 5.65 Å². The molecule has 3 heterocycles. The molecule has 0 aromatic carbocycles. The van der Waals surface area contributed by atoms with Gasteiger partial charge in [0.25, 0.3) is 11.5 Å². The lowest BCUT2D eigenvalue weighted by Crippen LogP contribution is -2.36. The van der Waals surface area contributed by atoms with Crippen molar-refractivity contribution in [3.8, 4) is 0 Å². The average molecular weight is 312 g/mol. The van der Waals surface area contributed by atoms with Gasteiger partial charge >= 0.3 is 0 Å². The van der Waals surface area contributed by atoms with Gasteiger partial charge in [0.15, 0.2) is 0 Å². The molecular formula is C17H20N4O2. The maximum Gasteiger partial charge on any atom is 0.270 e. The zero-order chi connectivity index (χ0) is 16.1. The third-order valence-corrected chi connectivity index (χ3v) is 5.36. The molecule has 1 amide bonds. The Morgan fingerprint density at radius 3 is 2.96 bits per heavy atom. The number of amides is 1. The van der Waals surface area contributed by atoms with E-state index >= 15 is 0 Å². The normalized spacial score (nSPS) is 26.7. The Balaban J connectivity index is 1.69. The predicted molar refractivity (Wildman–Crippen MR) is 86.3 cm³/mol. The van der Waals surface area contributed by atoms with Crippen molar-refractivity contribution >= 4 is 11.6 Å². The minimum absolute atomic E-state index is 0.140. The van der Waals surface area contributed by atoms with E-state index in [1.807, 2.05) is 13.0 Å². The van der Waals surface area contributed by atoms with Crippen molar-refractivity contribution in [3.05, 3.63) is 46.0 Å². The lowest BCUT2D eigenvalue weighted by molar-refractivity contribution is 0.0777. The van der Waals surface area contributed by atoms with Gasteiger partial charge < -0.3 is 10.6 Å². The van der Waals surface area contributed by atoms with Crippen molar-refractivity contribution in [1.82, 2.24) is 14.3 Å². The van der Waals surface area contributed by atoms with Crippen molar-refractivity contribution in [2.75, 3.05) is 13.1 Å². The van der Waals surface area contributed by atoms with Gasteiger partial charge in [-0.05, 0) is 43.2 Å². The number of likely N-dealkylation sites (tertiary alicyclic amines) is 1. The summed E-state index contributed by atoms with van der Waals surface area (Å²) in [6.45, 7) is 3.25. The maximum atomic E-state index is 12.8. The Morgan fingerprint density at radius 1 is 1.35 bits per heavy atom. The number of pyridine rings is 1. The molecule has 3 atom stereocenters. The highest BCUT2D eigenvalue weighted by Gasteiger charge is 2.43. The number of carbonyl (C=O) groups excluding carboxylic acids is 1. The minimum atomic E-state index is -0.301. The van der Waals surface area contributed by atoms with E-state index in [0.29, 0.717) is 30.6 Å². The van der Waals surface area contributed by atoms with Gasteiger partial charge in [-0.1, -0.05) is 6.07 Å². The molecule has 0 spiro atoms. The quantitative estimate of drug-likeness (QED) is 0.845. The number of nitrogens with two attached hydrogens (primary N) is 1. The number of rotatable bonds is 1. The van der Waals surface area contributed by atoms with Gasteiger partial charge in [0.05, 0.1) is 0 Å².